The molecule has 0 saturated heterocycles. The van der Waals surface area contributed by atoms with Crippen molar-refractivity contribution in [3.8, 4) is 5.75 Å². The summed E-state index contributed by atoms with van der Waals surface area (Å²) in [6, 6.07) is 12.5. The lowest BCUT2D eigenvalue weighted by atomic mass is 9.95. The first-order valence-electron chi connectivity index (χ1n) is 11.3. The third kappa shape index (κ3) is 5.55. The number of aliphatic imine (C=N–C) groups is 1. The van der Waals surface area contributed by atoms with Crippen molar-refractivity contribution in [1.29, 1.82) is 0 Å². The first kappa shape index (κ1) is 24.9. The van der Waals surface area contributed by atoms with Gasteiger partial charge in [-0.2, -0.15) is 0 Å². The number of hydrogen-bond donors (Lipinski definition) is 1. The van der Waals surface area contributed by atoms with Crippen molar-refractivity contribution in [3.63, 3.8) is 0 Å². The average molecular weight is 512 g/mol. The topological polar surface area (TPSA) is 80.2 Å². The highest BCUT2D eigenvalue weighted by Gasteiger charge is 2.37. The second-order valence-electron chi connectivity index (χ2n) is 7.90. The number of rotatable bonds is 8. The number of allylic oxidation sites excluding steroid dienone is 1. The van der Waals surface area contributed by atoms with Gasteiger partial charge in [-0.15, -0.1) is 0 Å². The summed E-state index contributed by atoms with van der Waals surface area (Å²) in [6.45, 7) is 5.73. The van der Waals surface area contributed by atoms with E-state index in [9.17, 15) is 9.59 Å². The molecule has 0 aromatic heterocycles. The number of aryl methyl sites for hydroxylation is 1. The van der Waals surface area contributed by atoms with Gasteiger partial charge < -0.3 is 19.7 Å². The van der Waals surface area contributed by atoms with Crippen molar-refractivity contribution < 1.29 is 19.1 Å². The van der Waals surface area contributed by atoms with Gasteiger partial charge in [0, 0.05) is 11.9 Å². The van der Waals surface area contributed by atoms with Crippen molar-refractivity contribution >= 4 is 46.1 Å². The molecule has 0 unspecified atom stereocenters. The van der Waals surface area contributed by atoms with Gasteiger partial charge in [0.15, 0.2) is 11.8 Å². The molecule has 0 fully saturated rings. The van der Waals surface area contributed by atoms with Crippen molar-refractivity contribution in [2.75, 3.05) is 18.5 Å². The maximum absolute atomic E-state index is 12.8. The number of nitrogens with zero attached hydrogens (tertiary/aromatic N) is 2. The number of carbonyl (C=O) groups excluding carboxylic acids is 2. The van der Waals surface area contributed by atoms with Crippen molar-refractivity contribution in [3.05, 3.63) is 81.5 Å². The maximum atomic E-state index is 12.8. The zero-order chi connectivity index (χ0) is 24.9. The Hall–Kier alpha value is -3.23. The number of fused-ring (bicyclic) bond motifs is 1. The van der Waals surface area contributed by atoms with Gasteiger partial charge in [0.1, 0.15) is 5.75 Å². The second kappa shape index (κ2) is 11.0. The van der Waals surface area contributed by atoms with Gasteiger partial charge in [-0.3, -0.25) is 4.79 Å². The van der Waals surface area contributed by atoms with Crippen LogP contribution in [0.1, 0.15) is 37.9 Å². The molecule has 7 nitrogen and oxygen atoms in total. The number of benzene rings is 2. The van der Waals surface area contributed by atoms with Crippen molar-refractivity contribution in [2.24, 2.45) is 4.99 Å². The van der Waals surface area contributed by atoms with Crippen LogP contribution in [0.25, 0.3) is 0 Å². The Balaban J connectivity index is 1.49. The molecule has 35 heavy (non-hydrogen) atoms. The van der Waals surface area contributed by atoms with E-state index in [-0.39, 0.29) is 19.1 Å². The van der Waals surface area contributed by atoms with E-state index in [1.807, 2.05) is 46.8 Å². The van der Waals surface area contributed by atoms with E-state index >= 15 is 0 Å². The van der Waals surface area contributed by atoms with Crippen LogP contribution in [-0.4, -0.2) is 35.2 Å². The van der Waals surface area contributed by atoms with Crippen LogP contribution < -0.4 is 10.1 Å². The Labute approximate surface area is 213 Å². The fourth-order valence-corrected chi connectivity index (χ4v) is 4.90. The van der Waals surface area contributed by atoms with Gasteiger partial charge in [0.05, 0.1) is 28.9 Å². The predicted molar refractivity (Wildman–Crippen MR) is 139 cm³/mol. The Kier molecular flexibility index (Phi) is 7.83. The Morgan fingerprint density at radius 3 is 2.63 bits per heavy atom. The third-order valence-corrected chi connectivity index (χ3v) is 6.66. The smallest absolute Gasteiger partial charge is 0.338 e. The fourth-order valence-electron chi connectivity index (χ4n) is 3.87. The van der Waals surface area contributed by atoms with E-state index in [4.69, 9.17) is 21.1 Å². The quantitative estimate of drug-likeness (QED) is 0.459. The molecule has 182 valence electrons. The molecule has 1 N–H and O–H groups in total. The molecule has 1 amide bonds. The first-order chi connectivity index (χ1) is 16.9. The van der Waals surface area contributed by atoms with Crippen LogP contribution in [0.4, 0.5) is 5.69 Å². The number of ether oxygens (including phenoxy) is 2. The summed E-state index contributed by atoms with van der Waals surface area (Å²) in [4.78, 5) is 31.6. The molecular formula is C26H26ClN3O4S. The molecule has 0 radical (unpaired) electrons. The molecule has 0 saturated carbocycles. The lowest BCUT2D eigenvalue weighted by Crippen LogP contribution is -2.34. The van der Waals surface area contributed by atoms with Crippen LogP contribution in [-0.2, 0) is 20.7 Å². The second-order valence-corrected chi connectivity index (χ2v) is 9.18. The van der Waals surface area contributed by atoms with Crippen LogP contribution in [0, 0.1) is 0 Å². The van der Waals surface area contributed by atoms with Crippen LogP contribution in [0.2, 0.25) is 5.02 Å². The van der Waals surface area contributed by atoms with Gasteiger partial charge in [0.2, 0.25) is 0 Å². The highest BCUT2D eigenvalue weighted by molar-refractivity contribution is 8.16. The molecule has 2 aliphatic rings. The Morgan fingerprint density at radius 2 is 1.94 bits per heavy atom. The van der Waals surface area contributed by atoms with Gasteiger partial charge in [-0.05, 0) is 61.1 Å². The molecule has 9 heteroatoms. The van der Waals surface area contributed by atoms with E-state index in [1.54, 1.807) is 26.0 Å². The van der Waals surface area contributed by atoms with Gasteiger partial charge >= 0.3 is 5.97 Å². The highest BCUT2D eigenvalue weighted by Crippen LogP contribution is 2.42. The zero-order valence-corrected chi connectivity index (χ0v) is 21.3. The Bertz CT molecular complexity index is 1220. The number of halogens is 1. The van der Waals surface area contributed by atoms with E-state index in [0.29, 0.717) is 27.7 Å². The average Bonchev–Trinajstić information content (AvgIpc) is 3.31. The summed E-state index contributed by atoms with van der Waals surface area (Å²) in [7, 11) is 0. The van der Waals surface area contributed by atoms with Crippen molar-refractivity contribution in [1.82, 2.24) is 4.90 Å². The highest BCUT2D eigenvalue weighted by atomic mass is 35.5. The van der Waals surface area contributed by atoms with Gasteiger partial charge in [-0.25, -0.2) is 9.79 Å². The molecule has 2 aromatic rings. The van der Waals surface area contributed by atoms with E-state index in [2.05, 4.69) is 17.2 Å². The fraction of sp³-hybridized carbons (Fsp3) is 0.269. The number of amidine groups is 1. The molecule has 1 atom stereocenters. The van der Waals surface area contributed by atoms with E-state index in [1.165, 1.54) is 17.3 Å². The standard InChI is InChI=1S/C26H26ClN3O4S/c1-4-17-6-9-19(10-7-17)29-22(31)15-34-21-11-8-18(14-20(21)27)24-23(25(32)33-5-2)16(3)28-26-30(24)12-13-35-26/h6-14,24H,4-5,15H2,1-3H3,(H,29,31)/t24-/m0/s1. The van der Waals surface area contributed by atoms with Gasteiger partial charge in [0.25, 0.3) is 5.91 Å². The minimum atomic E-state index is -0.436. The normalized spacial score (nSPS) is 16.6. The van der Waals surface area contributed by atoms with Crippen LogP contribution >= 0.6 is 23.4 Å². The molecule has 4 rings (SSSR count). The first-order valence-corrected chi connectivity index (χ1v) is 12.6. The number of nitrogens with one attached hydrogen (secondary N) is 1. The molecule has 0 aliphatic carbocycles. The monoisotopic (exact) mass is 511 g/mol. The summed E-state index contributed by atoms with van der Waals surface area (Å²) < 4.78 is 11.0. The van der Waals surface area contributed by atoms with E-state index < -0.39 is 12.0 Å². The zero-order valence-electron chi connectivity index (χ0n) is 19.7. The SMILES string of the molecule is CCOC(=O)C1=C(C)N=C2SC=CN2[C@H]1c1ccc(OCC(=O)Nc2ccc(CC)cc2)c(Cl)c1. The minimum Gasteiger partial charge on any atom is -0.482 e. The summed E-state index contributed by atoms with van der Waals surface area (Å²) >= 11 is 8.02. The number of carbonyl (C=O) groups is 2. The molecule has 2 aliphatic heterocycles. The van der Waals surface area contributed by atoms with E-state index in [0.717, 1.165) is 17.2 Å². The van der Waals surface area contributed by atoms with Crippen molar-refractivity contribution in [2.45, 2.75) is 33.2 Å². The number of esters is 1. The molecular weight excluding hydrogens is 486 g/mol. The van der Waals surface area contributed by atoms with Crippen LogP contribution in [0.3, 0.4) is 0 Å². The molecule has 2 heterocycles. The largest absolute Gasteiger partial charge is 0.482 e. The Morgan fingerprint density at radius 1 is 1.17 bits per heavy atom. The number of hydrogen-bond acceptors (Lipinski definition) is 7. The summed E-state index contributed by atoms with van der Waals surface area (Å²) in [6.07, 6.45) is 2.82. The number of amides is 1. The van der Waals surface area contributed by atoms with Gasteiger partial charge in [-0.1, -0.05) is 48.5 Å². The number of anilines is 1. The molecule has 0 spiro atoms. The maximum Gasteiger partial charge on any atom is 0.338 e. The summed E-state index contributed by atoms with van der Waals surface area (Å²) in [5, 5.41) is 5.84. The lowest BCUT2D eigenvalue weighted by Gasteiger charge is -2.33. The molecule has 2 aromatic carbocycles. The number of thioether (sulfide) groups is 1. The van der Waals surface area contributed by atoms with Crippen LogP contribution in [0.5, 0.6) is 5.75 Å². The van der Waals surface area contributed by atoms with Crippen LogP contribution in [0.15, 0.2) is 70.3 Å². The summed E-state index contributed by atoms with van der Waals surface area (Å²) in [5.41, 5.74) is 3.75. The minimum absolute atomic E-state index is 0.187. The molecule has 0 bridgehead atoms. The predicted octanol–water partition coefficient (Wildman–Crippen LogP) is 5.69. The summed E-state index contributed by atoms with van der Waals surface area (Å²) in [5.74, 6) is -0.325. The third-order valence-electron chi connectivity index (χ3n) is 5.59. The lowest BCUT2D eigenvalue weighted by molar-refractivity contribution is -0.139.